The van der Waals surface area contributed by atoms with Gasteiger partial charge in [0, 0.05) is 6.20 Å². The zero-order chi connectivity index (χ0) is 13.4. The fraction of sp³-hybridized carbons (Fsp3) is 0.556. The van der Waals surface area contributed by atoms with Crippen LogP contribution < -0.4 is 11.4 Å². The third kappa shape index (κ3) is 2.06. The third-order valence-electron chi connectivity index (χ3n) is 2.79. The zero-order valence-electron chi connectivity index (χ0n) is 9.18. The molecule has 4 atom stereocenters. The lowest BCUT2D eigenvalue weighted by atomic mass is 10.1. The molecule has 0 bridgehead atoms. The number of nitrogens with two attached hydrogens (primary N) is 1. The van der Waals surface area contributed by atoms with Gasteiger partial charge in [-0.1, -0.05) is 12.2 Å². The molecule has 0 aliphatic carbocycles. The molecule has 9 heteroatoms. The molecular formula is C9H13N3O5S. The molecule has 1 aromatic heterocycles. The average Bonchev–Trinajstić information content (AvgIpc) is 2.61. The van der Waals surface area contributed by atoms with E-state index in [1.165, 1.54) is 6.20 Å². The average molecular weight is 275 g/mol. The fourth-order valence-electron chi connectivity index (χ4n) is 1.80. The van der Waals surface area contributed by atoms with E-state index >= 15 is 0 Å². The number of hydrogen-bond donors (Lipinski definition) is 5. The Morgan fingerprint density at radius 1 is 1.50 bits per heavy atom. The Hall–Kier alpha value is -1.26. The van der Waals surface area contributed by atoms with Crippen molar-refractivity contribution >= 4 is 17.9 Å². The summed E-state index contributed by atoms with van der Waals surface area (Å²) < 4.78 is 6.28. The van der Waals surface area contributed by atoms with Gasteiger partial charge in [-0.2, -0.15) is 0 Å². The van der Waals surface area contributed by atoms with E-state index in [9.17, 15) is 15.0 Å². The second kappa shape index (κ2) is 4.78. The van der Waals surface area contributed by atoms with Crippen molar-refractivity contribution in [1.29, 1.82) is 0 Å². The van der Waals surface area contributed by atoms with E-state index in [0.29, 0.717) is 0 Å². The quantitative estimate of drug-likeness (QED) is 0.398. The predicted molar refractivity (Wildman–Crippen MR) is 63.3 cm³/mol. The van der Waals surface area contributed by atoms with Gasteiger partial charge >= 0.3 is 5.69 Å². The minimum absolute atomic E-state index is 0.0861. The molecule has 8 nitrogen and oxygen atoms in total. The van der Waals surface area contributed by atoms with E-state index in [2.05, 4.69) is 4.98 Å². The molecule has 1 saturated heterocycles. The number of aliphatic hydroxyl groups is 3. The van der Waals surface area contributed by atoms with E-state index in [1.54, 1.807) is 0 Å². The first kappa shape index (κ1) is 13.2. The molecule has 1 aliphatic rings. The van der Waals surface area contributed by atoms with Crippen LogP contribution in [-0.2, 0) is 4.74 Å². The molecule has 1 fully saturated rings. The Balaban J connectivity index is 2.42. The van der Waals surface area contributed by atoms with Crippen LogP contribution in [0.5, 0.6) is 0 Å². The fourth-order valence-corrected chi connectivity index (χ4v) is 1.94. The lowest BCUT2D eigenvalue weighted by Gasteiger charge is -2.17. The highest BCUT2D eigenvalue weighted by Gasteiger charge is 2.43. The van der Waals surface area contributed by atoms with E-state index < -0.39 is 36.8 Å². The van der Waals surface area contributed by atoms with Crippen molar-refractivity contribution in [2.45, 2.75) is 24.5 Å². The Labute approximate surface area is 106 Å². The molecule has 0 radical (unpaired) electrons. The summed E-state index contributed by atoms with van der Waals surface area (Å²) in [6, 6.07) is 0. The summed E-state index contributed by atoms with van der Waals surface area (Å²) in [7, 11) is 0. The summed E-state index contributed by atoms with van der Waals surface area (Å²) >= 11 is 4.79. The summed E-state index contributed by atoms with van der Waals surface area (Å²) in [5.74, 6) is 0. The first-order chi connectivity index (χ1) is 8.45. The van der Waals surface area contributed by atoms with Crippen LogP contribution in [0.25, 0.3) is 0 Å². The number of anilines is 1. The van der Waals surface area contributed by atoms with E-state index in [-0.39, 0.29) is 10.3 Å². The molecule has 1 aromatic rings. The van der Waals surface area contributed by atoms with E-state index in [1.807, 2.05) is 0 Å². The van der Waals surface area contributed by atoms with Gasteiger partial charge in [0.1, 0.15) is 23.0 Å². The van der Waals surface area contributed by atoms with Crippen LogP contribution in [0.2, 0.25) is 0 Å². The maximum Gasteiger partial charge on any atom is 0.328 e. The number of aromatic nitrogens is 2. The van der Waals surface area contributed by atoms with Gasteiger partial charge in [0.2, 0.25) is 0 Å². The molecule has 100 valence electrons. The number of H-pyrrole nitrogens is 1. The standard InChI is InChI=1S/C9H13N3O5S/c10-3-1-12(9(16)11-7(3)18)8-6(15)5(14)4(2-13)17-8/h1,4-6,8,13-15H,2,10H2,(H,11,16,18)/t4-,5?,6?,8-/m0/s1. The molecule has 1 aliphatic heterocycles. The summed E-state index contributed by atoms with van der Waals surface area (Å²) in [5.41, 5.74) is 5.08. The van der Waals surface area contributed by atoms with Gasteiger partial charge in [-0.3, -0.25) is 9.55 Å². The number of rotatable bonds is 2. The molecule has 2 rings (SSSR count). The lowest BCUT2D eigenvalue weighted by molar-refractivity contribution is -0.0549. The van der Waals surface area contributed by atoms with Crippen LogP contribution >= 0.6 is 12.2 Å². The number of ether oxygens (including phenoxy) is 1. The SMILES string of the molecule is Nc1cn([C@H]2O[C@@H](CO)C(O)C2O)c(=O)[nH]c1=S. The number of aromatic amines is 1. The van der Waals surface area contributed by atoms with Crippen LogP contribution in [0.15, 0.2) is 11.0 Å². The first-order valence-corrected chi connectivity index (χ1v) is 5.60. The molecule has 18 heavy (non-hydrogen) atoms. The second-order valence-electron chi connectivity index (χ2n) is 3.98. The van der Waals surface area contributed by atoms with Crippen LogP contribution in [-0.4, -0.2) is 49.8 Å². The monoisotopic (exact) mass is 275 g/mol. The number of aliphatic hydroxyl groups excluding tert-OH is 3. The molecule has 6 N–H and O–H groups in total. The summed E-state index contributed by atoms with van der Waals surface area (Å²) in [6.07, 6.45) is -3.48. The zero-order valence-corrected chi connectivity index (χ0v) is 10.0. The van der Waals surface area contributed by atoms with Crippen LogP contribution in [0, 0.1) is 4.64 Å². The Morgan fingerprint density at radius 3 is 2.72 bits per heavy atom. The van der Waals surface area contributed by atoms with Gasteiger partial charge in [-0.15, -0.1) is 0 Å². The summed E-state index contributed by atoms with van der Waals surface area (Å²) in [6.45, 7) is -0.470. The highest BCUT2D eigenvalue weighted by atomic mass is 32.1. The van der Waals surface area contributed by atoms with Gasteiger partial charge < -0.3 is 25.8 Å². The molecule has 2 heterocycles. The smallest absolute Gasteiger partial charge is 0.328 e. The topological polar surface area (TPSA) is 134 Å². The predicted octanol–water partition coefficient (Wildman–Crippen LogP) is -1.90. The van der Waals surface area contributed by atoms with Crippen molar-refractivity contribution in [3.8, 4) is 0 Å². The largest absolute Gasteiger partial charge is 0.395 e. The van der Waals surface area contributed by atoms with E-state index in [0.717, 1.165) is 4.57 Å². The molecular weight excluding hydrogens is 262 g/mol. The Bertz CT molecular complexity index is 556. The maximum absolute atomic E-state index is 11.7. The van der Waals surface area contributed by atoms with E-state index in [4.69, 9.17) is 27.8 Å². The normalized spacial score (nSPS) is 31.7. The van der Waals surface area contributed by atoms with Gasteiger partial charge in [0.05, 0.1) is 12.3 Å². The van der Waals surface area contributed by atoms with Crippen molar-refractivity contribution in [3.63, 3.8) is 0 Å². The number of hydrogen-bond acceptors (Lipinski definition) is 7. The highest BCUT2D eigenvalue weighted by Crippen LogP contribution is 2.28. The van der Waals surface area contributed by atoms with Crippen LogP contribution in [0.1, 0.15) is 6.23 Å². The summed E-state index contributed by atoms with van der Waals surface area (Å²) in [4.78, 5) is 14.0. The van der Waals surface area contributed by atoms with Crippen LogP contribution in [0.4, 0.5) is 5.69 Å². The first-order valence-electron chi connectivity index (χ1n) is 5.19. The maximum atomic E-state index is 11.7. The van der Waals surface area contributed by atoms with Gasteiger partial charge in [-0.05, 0) is 0 Å². The van der Waals surface area contributed by atoms with Crippen molar-refractivity contribution < 1.29 is 20.1 Å². The van der Waals surface area contributed by atoms with Crippen molar-refractivity contribution in [3.05, 3.63) is 21.3 Å². The Kier molecular flexibility index (Phi) is 3.50. The van der Waals surface area contributed by atoms with Crippen molar-refractivity contribution in [1.82, 2.24) is 9.55 Å². The van der Waals surface area contributed by atoms with Gasteiger partial charge in [0.25, 0.3) is 0 Å². The van der Waals surface area contributed by atoms with Gasteiger partial charge in [-0.25, -0.2) is 4.79 Å². The van der Waals surface area contributed by atoms with Crippen LogP contribution in [0.3, 0.4) is 0 Å². The third-order valence-corrected chi connectivity index (χ3v) is 3.12. The second-order valence-corrected chi connectivity index (χ2v) is 4.39. The Morgan fingerprint density at radius 2 is 2.17 bits per heavy atom. The highest BCUT2D eigenvalue weighted by molar-refractivity contribution is 7.71. The molecule has 0 spiro atoms. The molecule has 2 unspecified atom stereocenters. The van der Waals surface area contributed by atoms with Crippen molar-refractivity contribution in [2.24, 2.45) is 0 Å². The minimum atomic E-state index is -1.34. The van der Waals surface area contributed by atoms with Gasteiger partial charge in [0.15, 0.2) is 6.23 Å². The number of nitrogens with one attached hydrogen (secondary N) is 1. The molecule has 0 amide bonds. The molecule has 0 saturated carbocycles. The number of nitrogens with zero attached hydrogens (tertiary/aromatic N) is 1. The van der Waals surface area contributed by atoms with Crippen molar-refractivity contribution in [2.75, 3.05) is 12.3 Å². The number of nitrogen functional groups attached to an aromatic ring is 1. The minimum Gasteiger partial charge on any atom is -0.395 e. The molecule has 0 aromatic carbocycles. The summed E-state index contributed by atoms with van der Waals surface area (Å²) in [5, 5.41) is 28.3. The lowest BCUT2D eigenvalue weighted by Crippen LogP contribution is -2.36.